The molecule has 0 bridgehead atoms. The van der Waals surface area contributed by atoms with Gasteiger partial charge in [-0.25, -0.2) is 0 Å². The number of nitrogens with zero attached hydrogens (tertiary/aromatic N) is 2. The maximum absolute atomic E-state index is 13.7. The first-order valence-corrected chi connectivity index (χ1v) is 12.2. The molecule has 34 heavy (non-hydrogen) atoms. The van der Waals surface area contributed by atoms with Crippen molar-refractivity contribution in [3.8, 4) is 0 Å². The van der Waals surface area contributed by atoms with Gasteiger partial charge in [-0.15, -0.1) is 0 Å². The van der Waals surface area contributed by atoms with Crippen molar-refractivity contribution in [3.05, 3.63) is 52.3 Å². The zero-order valence-electron chi connectivity index (χ0n) is 20.8. The fourth-order valence-electron chi connectivity index (χ4n) is 5.22. The number of ether oxygens (including phenoxy) is 3. The van der Waals surface area contributed by atoms with Gasteiger partial charge in [0.1, 0.15) is 6.61 Å². The lowest BCUT2D eigenvalue weighted by molar-refractivity contribution is -0.142. The molecule has 4 heterocycles. The Hall–Kier alpha value is -2.64. The number of amides is 1. The van der Waals surface area contributed by atoms with E-state index in [4.69, 9.17) is 14.2 Å². The average Bonchev–Trinajstić information content (AvgIpc) is 3.26. The summed E-state index contributed by atoms with van der Waals surface area (Å²) in [6.45, 7) is 11.0. The zero-order valence-corrected chi connectivity index (χ0v) is 20.8. The summed E-state index contributed by atoms with van der Waals surface area (Å²) in [5.41, 5.74) is 4.47. The molecule has 1 amide bonds. The third kappa shape index (κ3) is 3.75. The largest absolute Gasteiger partial charge is 0.461 e. The fraction of sp³-hybridized carbons (Fsp3) is 0.556. The molecule has 3 aliphatic heterocycles. The van der Waals surface area contributed by atoms with Gasteiger partial charge >= 0.3 is 5.97 Å². The molecule has 2 aromatic rings. The molecule has 1 fully saturated rings. The van der Waals surface area contributed by atoms with Gasteiger partial charge in [0, 0.05) is 48.9 Å². The van der Waals surface area contributed by atoms with Crippen LogP contribution in [0.1, 0.15) is 86.6 Å². The summed E-state index contributed by atoms with van der Waals surface area (Å²) < 4.78 is 20.4. The first-order chi connectivity index (χ1) is 16.1. The van der Waals surface area contributed by atoms with Crippen molar-refractivity contribution in [1.82, 2.24) is 4.57 Å². The zero-order chi connectivity index (χ0) is 24.3. The van der Waals surface area contributed by atoms with Gasteiger partial charge in [0.2, 0.25) is 0 Å². The highest BCUT2D eigenvalue weighted by Gasteiger charge is 2.50. The normalized spacial score (nSPS) is 21.3. The maximum atomic E-state index is 13.7. The van der Waals surface area contributed by atoms with Gasteiger partial charge in [-0.1, -0.05) is 12.1 Å². The molecule has 0 unspecified atom stereocenters. The van der Waals surface area contributed by atoms with E-state index in [1.165, 1.54) is 19.0 Å². The minimum Gasteiger partial charge on any atom is -0.461 e. The summed E-state index contributed by atoms with van der Waals surface area (Å²) in [4.78, 5) is 27.2. The number of benzene rings is 1. The van der Waals surface area contributed by atoms with Gasteiger partial charge < -0.3 is 23.7 Å². The van der Waals surface area contributed by atoms with E-state index in [0.717, 1.165) is 53.9 Å². The Kier molecular flexibility index (Phi) is 5.60. The average molecular weight is 467 g/mol. The number of fused-ring (bicyclic) bond motifs is 3. The third-order valence-electron chi connectivity index (χ3n) is 7.81. The van der Waals surface area contributed by atoms with Crippen LogP contribution < -0.4 is 4.90 Å². The smallest absolute Gasteiger partial charge is 0.302 e. The summed E-state index contributed by atoms with van der Waals surface area (Å²) in [7, 11) is 0. The highest BCUT2D eigenvalue weighted by molar-refractivity contribution is 6.08. The van der Waals surface area contributed by atoms with Crippen LogP contribution in [0, 0.1) is 0 Å². The molecule has 7 heteroatoms. The Morgan fingerprint density at radius 1 is 1.09 bits per heavy atom. The predicted octanol–water partition coefficient (Wildman–Crippen LogP) is 4.69. The molecule has 7 nitrogen and oxygen atoms in total. The van der Waals surface area contributed by atoms with E-state index in [-0.39, 0.29) is 18.5 Å². The highest BCUT2D eigenvalue weighted by Crippen LogP contribution is 2.46. The van der Waals surface area contributed by atoms with Crippen molar-refractivity contribution in [2.45, 2.75) is 90.9 Å². The topological polar surface area (TPSA) is 70.0 Å². The quantitative estimate of drug-likeness (QED) is 0.612. The Morgan fingerprint density at radius 3 is 2.53 bits per heavy atom. The van der Waals surface area contributed by atoms with Crippen LogP contribution >= 0.6 is 0 Å². The van der Waals surface area contributed by atoms with Crippen LogP contribution in [0.2, 0.25) is 0 Å². The van der Waals surface area contributed by atoms with Gasteiger partial charge in [-0.05, 0) is 59.1 Å². The van der Waals surface area contributed by atoms with E-state index in [2.05, 4.69) is 10.6 Å². The molecule has 0 aliphatic carbocycles. The summed E-state index contributed by atoms with van der Waals surface area (Å²) in [6, 6.07) is 7.85. The lowest BCUT2D eigenvalue weighted by Crippen LogP contribution is -2.41. The fourth-order valence-corrected chi connectivity index (χ4v) is 5.22. The third-order valence-corrected chi connectivity index (χ3v) is 7.81. The summed E-state index contributed by atoms with van der Waals surface area (Å²) in [5, 5.41) is 0. The lowest BCUT2D eigenvalue weighted by atomic mass is 9.90. The van der Waals surface area contributed by atoms with Crippen molar-refractivity contribution in [2.24, 2.45) is 0 Å². The molecule has 3 aliphatic rings. The number of aryl methyl sites for hydroxylation is 1. The van der Waals surface area contributed by atoms with Gasteiger partial charge in [-0.3, -0.25) is 9.59 Å². The molecule has 0 N–H and O–H groups in total. The number of carbonyl (C=O) groups excluding carboxylic acids is 2. The molecular weight excluding hydrogens is 432 g/mol. The van der Waals surface area contributed by atoms with Crippen LogP contribution in [0.4, 0.5) is 5.69 Å². The second kappa shape index (κ2) is 8.24. The molecule has 5 rings (SSSR count). The van der Waals surface area contributed by atoms with Crippen LogP contribution in [0.15, 0.2) is 24.3 Å². The van der Waals surface area contributed by atoms with Gasteiger partial charge in [0.15, 0.2) is 6.29 Å². The minimum absolute atomic E-state index is 0.00158. The van der Waals surface area contributed by atoms with E-state index in [9.17, 15) is 9.59 Å². The van der Waals surface area contributed by atoms with E-state index >= 15 is 0 Å². The van der Waals surface area contributed by atoms with Crippen molar-refractivity contribution in [2.75, 3.05) is 11.4 Å². The number of anilines is 1. The van der Waals surface area contributed by atoms with Crippen molar-refractivity contribution < 1.29 is 23.8 Å². The number of rotatable bonds is 4. The van der Waals surface area contributed by atoms with E-state index in [0.29, 0.717) is 6.54 Å². The summed E-state index contributed by atoms with van der Waals surface area (Å²) in [6.07, 6.45) is 3.54. The molecule has 0 radical (unpaired) electrons. The molecule has 1 aromatic carbocycles. The molecule has 0 saturated carbocycles. The standard InChI is InChI=1S/C27H34N2O5/c1-17(30)32-16-21-19(25-33-26(2,3)27(4,5)34-25)10-8-11-22(21)29-14-12-23-20(24(29)31)15-18-9-6-7-13-28(18)23/h8,10-11,15,25H,6-7,9,12-14,16H2,1-5H3. The number of hydrogen-bond acceptors (Lipinski definition) is 5. The maximum Gasteiger partial charge on any atom is 0.302 e. The Morgan fingerprint density at radius 2 is 1.82 bits per heavy atom. The number of aromatic nitrogens is 1. The van der Waals surface area contributed by atoms with Crippen LogP contribution in [-0.2, 0) is 45.0 Å². The summed E-state index contributed by atoms with van der Waals surface area (Å²) >= 11 is 0. The Balaban J connectivity index is 1.54. The van der Waals surface area contributed by atoms with Crippen molar-refractivity contribution >= 4 is 17.6 Å². The van der Waals surface area contributed by atoms with Gasteiger partial charge in [-0.2, -0.15) is 0 Å². The van der Waals surface area contributed by atoms with E-state index in [1.807, 2.05) is 50.8 Å². The van der Waals surface area contributed by atoms with Crippen molar-refractivity contribution in [1.29, 1.82) is 0 Å². The molecular formula is C27H34N2O5. The van der Waals surface area contributed by atoms with Gasteiger partial charge in [0.05, 0.1) is 22.5 Å². The first-order valence-electron chi connectivity index (χ1n) is 12.2. The van der Waals surface area contributed by atoms with Crippen LogP contribution in [0.25, 0.3) is 0 Å². The van der Waals surface area contributed by atoms with Crippen LogP contribution in [0.5, 0.6) is 0 Å². The lowest BCUT2D eigenvalue weighted by Gasteiger charge is -2.31. The number of carbonyl (C=O) groups is 2. The molecule has 0 atom stereocenters. The highest BCUT2D eigenvalue weighted by atomic mass is 16.7. The van der Waals surface area contributed by atoms with E-state index in [1.54, 1.807) is 0 Å². The van der Waals surface area contributed by atoms with E-state index < -0.39 is 17.5 Å². The Labute approximate surface area is 201 Å². The first kappa shape index (κ1) is 23.1. The number of esters is 1. The van der Waals surface area contributed by atoms with Crippen molar-refractivity contribution in [3.63, 3.8) is 0 Å². The molecule has 0 spiro atoms. The van der Waals surface area contributed by atoms with Crippen LogP contribution in [0.3, 0.4) is 0 Å². The molecule has 1 aromatic heterocycles. The summed E-state index contributed by atoms with van der Waals surface area (Å²) in [5.74, 6) is -0.375. The predicted molar refractivity (Wildman–Crippen MR) is 128 cm³/mol. The molecule has 182 valence electrons. The van der Waals surface area contributed by atoms with Crippen LogP contribution in [-0.4, -0.2) is 34.2 Å². The Bertz CT molecular complexity index is 1130. The monoisotopic (exact) mass is 466 g/mol. The minimum atomic E-state index is -0.618. The second-order valence-electron chi connectivity index (χ2n) is 10.5. The SMILES string of the molecule is CC(=O)OCc1c(C2OC(C)(C)C(C)(C)O2)cccc1N1CCc2c(cc3n2CCCC3)C1=O. The second-order valence-corrected chi connectivity index (χ2v) is 10.5. The number of hydrogen-bond donors (Lipinski definition) is 0. The van der Waals surface area contributed by atoms with Gasteiger partial charge in [0.25, 0.3) is 5.91 Å². The molecule has 1 saturated heterocycles.